The lowest BCUT2D eigenvalue weighted by Crippen LogP contribution is -2.30. The number of aromatic nitrogens is 2. The highest BCUT2D eigenvalue weighted by molar-refractivity contribution is 7.80. The normalized spacial score (nSPS) is 11.3. The number of hydrogen-bond acceptors (Lipinski definition) is 3. The third-order valence-corrected chi connectivity index (χ3v) is 4.00. The minimum Gasteiger partial charge on any atom is -0.495 e. The van der Waals surface area contributed by atoms with Gasteiger partial charge in [0.1, 0.15) is 5.75 Å². The van der Waals surface area contributed by atoms with E-state index in [0.717, 1.165) is 6.07 Å². The van der Waals surface area contributed by atoms with Gasteiger partial charge in [0.25, 0.3) is 0 Å². The molecule has 0 saturated heterocycles. The minimum absolute atomic E-state index is 0.345. The Morgan fingerprint density at radius 2 is 2.08 bits per heavy atom. The molecule has 0 aliphatic carbocycles. The average molecular weight is 407 g/mol. The van der Waals surface area contributed by atoms with Crippen LogP contribution in [0.5, 0.6) is 5.75 Å². The molecule has 0 spiro atoms. The van der Waals surface area contributed by atoms with Crippen LogP contribution in [0, 0.1) is 6.92 Å². The van der Waals surface area contributed by atoms with Gasteiger partial charge < -0.3 is 15.4 Å². The van der Waals surface area contributed by atoms with Gasteiger partial charge in [-0.3, -0.25) is 4.68 Å². The topological polar surface area (TPSA) is 51.1 Å². The first-order valence-corrected chi connectivity index (χ1v) is 8.49. The Balaban J connectivity index is 1.82. The van der Waals surface area contributed by atoms with E-state index in [2.05, 4.69) is 15.7 Å². The van der Waals surface area contributed by atoms with Crippen LogP contribution in [-0.2, 0) is 12.7 Å². The Labute approximate surface area is 159 Å². The van der Waals surface area contributed by atoms with Gasteiger partial charge in [-0.05, 0) is 49.8 Å². The van der Waals surface area contributed by atoms with Crippen LogP contribution < -0.4 is 15.4 Å². The Hall–Kier alpha value is -2.00. The van der Waals surface area contributed by atoms with Gasteiger partial charge in [0, 0.05) is 23.8 Å². The summed E-state index contributed by atoms with van der Waals surface area (Å²) in [6.45, 7) is 2.40. The molecule has 0 unspecified atom stereocenters. The maximum Gasteiger partial charge on any atom is 0.435 e. The summed E-state index contributed by atoms with van der Waals surface area (Å²) in [7, 11) is 1.53. The highest BCUT2D eigenvalue weighted by atomic mass is 35.5. The van der Waals surface area contributed by atoms with E-state index in [1.165, 1.54) is 11.8 Å². The van der Waals surface area contributed by atoms with Crippen molar-refractivity contribution in [1.82, 2.24) is 15.1 Å². The quantitative estimate of drug-likeness (QED) is 0.555. The lowest BCUT2D eigenvalue weighted by atomic mass is 10.3. The van der Waals surface area contributed by atoms with Gasteiger partial charge in [-0.1, -0.05) is 11.6 Å². The number of aryl methyl sites for hydroxylation is 2. The zero-order chi connectivity index (χ0) is 19.3. The molecule has 2 N–H and O–H groups in total. The predicted octanol–water partition coefficient (Wildman–Crippen LogP) is 4.25. The molecule has 10 heteroatoms. The van der Waals surface area contributed by atoms with E-state index >= 15 is 0 Å². The van der Waals surface area contributed by atoms with Crippen LogP contribution in [0.3, 0.4) is 0 Å². The number of hydrogen-bond donors (Lipinski definition) is 2. The zero-order valence-electron chi connectivity index (χ0n) is 14.2. The van der Waals surface area contributed by atoms with Crippen molar-refractivity contribution >= 4 is 34.6 Å². The van der Waals surface area contributed by atoms with Gasteiger partial charge in [0.15, 0.2) is 10.8 Å². The van der Waals surface area contributed by atoms with E-state index in [4.69, 9.17) is 28.6 Å². The van der Waals surface area contributed by atoms with Crippen molar-refractivity contribution in [3.05, 3.63) is 40.7 Å². The second-order valence-corrected chi connectivity index (χ2v) is 6.32. The molecule has 2 rings (SSSR count). The summed E-state index contributed by atoms with van der Waals surface area (Å²) < 4.78 is 44.5. The number of halogens is 4. The second-order valence-electron chi connectivity index (χ2n) is 5.47. The number of benzene rings is 1. The van der Waals surface area contributed by atoms with Crippen LogP contribution in [0.4, 0.5) is 18.9 Å². The highest BCUT2D eigenvalue weighted by Crippen LogP contribution is 2.29. The van der Waals surface area contributed by atoms with E-state index in [-0.39, 0.29) is 0 Å². The van der Waals surface area contributed by atoms with Crippen molar-refractivity contribution in [3.8, 4) is 5.75 Å². The molecular formula is C16H18ClF3N4OS. The maximum atomic E-state index is 12.6. The van der Waals surface area contributed by atoms with Crippen molar-refractivity contribution in [2.45, 2.75) is 26.1 Å². The van der Waals surface area contributed by atoms with Gasteiger partial charge in [-0.15, -0.1) is 0 Å². The van der Waals surface area contributed by atoms with Crippen molar-refractivity contribution in [3.63, 3.8) is 0 Å². The number of alkyl halides is 3. The van der Waals surface area contributed by atoms with Crippen molar-refractivity contribution in [2.24, 2.45) is 0 Å². The van der Waals surface area contributed by atoms with Crippen LogP contribution in [0.25, 0.3) is 0 Å². The number of nitrogens with one attached hydrogen (secondary N) is 2. The fraction of sp³-hybridized carbons (Fsp3) is 0.375. The predicted molar refractivity (Wildman–Crippen MR) is 98.8 cm³/mol. The first-order chi connectivity index (χ1) is 12.2. The zero-order valence-corrected chi connectivity index (χ0v) is 15.7. The number of rotatable bonds is 6. The summed E-state index contributed by atoms with van der Waals surface area (Å²) in [6.07, 6.45) is -3.88. The first kappa shape index (κ1) is 20.3. The smallest absolute Gasteiger partial charge is 0.435 e. The standard InChI is InChI=1S/C16H18ClF3N4OS/c1-10-8-14(16(18,19)20)23-24(10)7-3-6-21-15(26)22-12-9-11(17)4-5-13(12)25-2/h4-5,8-9H,3,6-7H2,1-2H3,(H2,21,22,26). The molecule has 1 heterocycles. The Kier molecular flexibility index (Phi) is 6.71. The van der Waals surface area contributed by atoms with E-state index in [1.807, 2.05) is 0 Å². The number of anilines is 1. The van der Waals surface area contributed by atoms with Gasteiger partial charge in [0.2, 0.25) is 0 Å². The van der Waals surface area contributed by atoms with Gasteiger partial charge >= 0.3 is 6.18 Å². The summed E-state index contributed by atoms with van der Waals surface area (Å²) in [5.74, 6) is 0.588. The molecule has 0 atom stereocenters. The molecule has 0 aliphatic heterocycles. The van der Waals surface area contributed by atoms with E-state index in [0.29, 0.717) is 46.8 Å². The lowest BCUT2D eigenvalue weighted by molar-refractivity contribution is -0.141. The minimum atomic E-state index is -4.43. The maximum absolute atomic E-state index is 12.6. The second kappa shape index (κ2) is 8.59. The third-order valence-electron chi connectivity index (χ3n) is 3.51. The third kappa shape index (κ3) is 5.50. The molecule has 0 fully saturated rings. The van der Waals surface area contributed by atoms with Crippen molar-refractivity contribution in [2.75, 3.05) is 19.0 Å². The molecular weight excluding hydrogens is 389 g/mol. The molecule has 2 aromatic rings. The average Bonchev–Trinajstić information content (AvgIpc) is 2.93. The van der Waals surface area contributed by atoms with Crippen LogP contribution in [-0.4, -0.2) is 28.5 Å². The molecule has 26 heavy (non-hydrogen) atoms. The fourth-order valence-electron chi connectivity index (χ4n) is 2.25. The summed E-state index contributed by atoms with van der Waals surface area (Å²) in [5.41, 5.74) is 0.199. The summed E-state index contributed by atoms with van der Waals surface area (Å²) in [4.78, 5) is 0. The fourth-order valence-corrected chi connectivity index (χ4v) is 2.63. The molecule has 5 nitrogen and oxygen atoms in total. The molecule has 142 valence electrons. The number of thiocarbonyl (C=S) groups is 1. The lowest BCUT2D eigenvalue weighted by Gasteiger charge is -2.14. The molecule has 0 bridgehead atoms. The largest absolute Gasteiger partial charge is 0.495 e. The molecule has 0 amide bonds. The first-order valence-electron chi connectivity index (χ1n) is 7.70. The highest BCUT2D eigenvalue weighted by Gasteiger charge is 2.34. The molecule has 0 aliphatic rings. The SMILES string of the molecule is COc1ccc(Cl)cc1NC(=S)NCCCn1nc(C(F)(F)F)cc1C. The summed E-state index contributed by atoms with van der Waals surface area (Å²) in [6, 6.07) is 6.13. The summed E-state index contributed by atoms with van der Waals surface area (Å²) in [5, 5.41) is 10.4. The van der Waals surface area contributed by atoms with Gasteiger partial charge in [0.05, 0.1) is 12.8 Å². The Morgan fingerprint density at radius 3 is 2.69 bits per heavy atom. The monoisotopic (exact) mass is 406 g/mol. The van der Waals surface area contributed by atoms with Crippen LogP contribution in [0.15, 0.2) is 24.3 Å². The van der Waals surface area contributed by atoms with E-state index in [1.54, 1.807) is 25.1 Å². The van der Waals surface area contributed by atoms with Crippen LogP contribution in [0.2, 0.25) is 5.02 Å². The van der Waals surface area contributed by atoms with Crippen LogP contribution in [0.1, 0.15) is 17.8 Å². The molecule has 1 aromatic heterocycles. The van der Waals surface area contributed by atoms with Gasteiger partial charge in [-0.2, -0.15) is 18.3 Å². The number of ether oxygens (including phenoxy) is 1. The Bertz CT molecular complexity index is 779. The van der Waals surface area contributed by atoms with Gasteiger partial charge in [-0.25, -0.2) is 0 Å². The number of nitrogens with zero attached hydrogens (tertiary/aromatic N) is 2. The van der Waals surface area contributed by atoms with Crippen molar-refractivity contribution < 1.29 is 17.9 Å². The number of methoxy groups -OCH3 is 1. The summed E-state index contributed by atoms with van der Waals surface area (Å²) >= 11 is 11.2. The molecule has 1 aromatic carbocycles. The van der Waals surface area contributed by atoms with E-state index < -0.39 is 11.9 Å². The van der Waals surface area contributed by atoms with Crippen LogP contribution >= 0.6 is 23.8 Å². The molecule has 0 radical (unpaired) electrons. The molecule has 0 saturated carbocycles. The van der Waals surface area contributed by atoms with Crippen molar-refractivity contribution in [1.29, 1.82) is 0 Å². The Morgan fingerprint density at radius 1 is 1.35 bits per heavy atom. The van der Waals surface area contributed by atoms with E-state index in [9.17, 15) is 13.2 Å².